The molecular formula is C63H70Cl4N12O12. The number of aryl methyl sites for hydroxylation is 6. The third-order valence-electron chi connectivity index (χ3n) is 15.6. The maximum Gasteiger partial charge on any atom is 0.410 e. The fourth-order valence-electron chi connectivity index (χ4n) is 10.1. The van der Waals surface area contributed by atoms with Crippen LogP contribution in [0, 0.1) is 20.8 Å². The first kappa shape index (κ1) is 66.9. The number of hydrogen-bond acceptors (Lipinski definition) is 18. The Hall–Kier alpha value is -8.55. The predicted octanol–water partition coefficient (Wildman–Crippen LogP) is 11.4. The van der Waals surface area contributed by atoms with Crippen molar-refractivity contribution in [3.63, 3.8) is 0 Å². The molecule has 3 aliphatic heterocycles. The van der Waals surface area contributed by atoms with E-state index < -0.39 is 36.6 Å². The Bertz CT molecular complexity index is 3880. The highest BCUT2D eigenvalue weighted by molar-refractivity contribution is 6.36. The van der Waals surface area contributed by atoms with Crippen LogP contribution in [0.1, 0.15) is 54.5 Å². The first-order valence-corrected chi connectivity index (χ1v) is 30.3. The highest BCUT2D eigenvalue weighted by Crippen LogP contribution is 2.34. The molecule has 1 N–H and O–H groups in total. The van der Waals surface area contributed by atoms with Crippen LogP contribution in [0.25, 0.3) is 32.7 Å². The number of halogens is 4. The minimum Gasteiger partial charge on any atom is -0.497 e. The van der Waals surface area contributed by atoms with Crippen LogP contribution in [0.3, 0.4) is 0 Å². The zero-order chi connectivity index (χ0) is 65.5. The lowest BCUT2D eigenvalue weighted by Crippen LogP contribution is -2.33. The summed E-state index contributed by atoms with van der Waals surface area (Å²) < 4.78 is 49.1. The van der Waals surface area contributed by atoms with Crippen LogP contribution < -0.4 is 23.7 Å². The number of rotatable bonds is 16. The molecule has 91 heavy (non-hydrogen) atoms. The largest absolute Gasteiger partial charge is 0.497 e. The van der Waals surface area contributed by atoms with Crippen molar-refractivity contribution < 1.29 is 57.4 Å². The van der Waals surface area contributed by atoms with E-state index in [1.165, 1.54) is 0 Å². The number of amides is 3. The van der Waals surface area contributed by atoms with E-state index in [4.69, 9.17) is 84.3 Å². The Morgan fingerprint density at radius 2 is 0.780 bits per heavy atom. The second-order valence-corrected chi connectivity index (χ2v) is 23.4. The summed E-state index contributed by atoms with van der Waals surface area (Å²) >= 11 is 24.0. The van der Waals surface area contributed by atoms with Crippen molar-refractivity contribution in [2.24, 2.45) is 21.1 Å². The summed E-state index contributed by atoms with van der Waals surface area (Å²) in [7, 11) is 10.4. The second-order valence-electron chi connectivity index (χ2n) is 21.9. The number of carbonyl (C=O) groups is 3. The van der Waals surface area contributed by atoms with Crippen molar-refractivity contribution in [1.82, 2.24) is 59.0 Å². The molecule has 0 aliphatic carbocycles. The van der Waals surface area contributed by atoms with E-state index in [1.807, 2.05) is 129 Å². The van der Waals surface area contributed by atoms with Crippen LogP contribution in [0.4, 0.5) is 14.4 Å². The standard InChI is InChI=1S/2C21H23ClN4O4.C13H17NO4.C8H7Cl2N3/c2*1-12-19-16(24-25(12)3)9-18(22)23-20(19)29-13(2)17-11-26(21(27)30-17)10-14-5-7-15(28-4)8-6-14;1-9(15)12-8-14(13(16)18-12)7-10-3-5-11(17-2)6-4-10;1-4-7-5(12-13(4)2)3-6(9)11-8(7)10/h2*5-9,13,17H,10-11H2,1-4H3;3-6,9,12,15H,7-8H2,1-2H3;3H,1-2H3/t13-,17+;13-,17-;;/m11../s1. The van der Waals surface area contributed by atoms with Gasteiger partial charge in [-0.15, -0.1) is 0 Å². The lowest BCUT2D eigenvalue weighted by Gasteiger charge is -2.19. The third kappa shape index (κ3) is 16.0. The summed E-state index contributed by atoms with van der Waals surface area (Å²) in [5.74, 6) is 3.10. The van der Waals surface area contributed by atoms with E-state index in [0.717, 1.165) is 72.7 Å². The van der Waals surface area contributed by atoms with Gasteiger partial charge >= 0.3 is 18.3 Å². The molecule has 2 unspecified atom stereocenters. The molecule has 24 nitrogen and oxygen atoms in total. The highest BCUT2D eigenvalue weighted by Gasteiger charge is 2.39. The monoisotopic (exact) mass is 1330 g/mol. The fraction of sp³-hybridized carbons (Fsp3) is 0.381. The molecule has 12 rings (SSSR count). The average Bonchev–Trinajstić information content (AvgIpc) is 1.70. The van der Waals surface area contributed by atoms with Crippen LogP contribution in [0.5, 0.6) is 29.0 Å². The van der Waals surface area contributed by atoms with E-state index in [0.29, 0.717) is 82.7 Å². The topological polar surface area (TPSA) is 247 Å². The summed E-state index contributed by atoms with van der Waals surface area (Å²) in [6.45, 7) is 13.8. The number of hydrogen-bond donors (Lipinski definition) is 1. The molecule has 28 heteroatoms. The minimum atomic E-state index is -0.644. The van der Waals surface area contributed by atoms with Gasteiger partial charge in [-0.05, 0) is 94.6 Å². The summed E-state index contributed by atoms with van der Waals surface area (Å²) in [6, 6.07) is 27.8. The van der Waals surface area contributed by atoms with Gasteiger partial charge in [0.05, 0.1) is 68.7 Å². The van der Waals surface area contributed by atoms with E-state index in [1.54, 1.807) is 75.2 Å². The number of carbonyl (C=O) groups excluding carboxylic acids is 3. The van der Waals surface area contributed by atoms with Gasteiger partial charge in [-0.2, -0.15) is 15.3 Å². The van der Waals surface area contributed by atoms with Crippen LogP contribution in [0.15, 0.2) is 91.0 Å². The van der Waals surface area contributed by atoms with E-state index in [2.05, 4.69) is 30.2 Å². The van der Waals surface area contributed by atoms with Gasteiger partial charge in [0.2, 0.25) is 11.8 Å². The molecule has 9 aromatic rings. The molecule has 3 fully saturated rings. The Morgan fingerprint density at radius 3 is 1.10 bits per heavy atom. The van der Waals surface area contributed by atoms with Gasteiger partial charge in [0.25, 0.3) is 0 Å². The predicted molar refractivity (Wildman–Crippen MR) is 343 cm³/mol. The number of aromatic nitrogens is 9. The van der Waals surface area contributed by atoms with Crippen LogP contribution in [-0.2, 0) is 55.0 Å². The van der Waals surface area contributed by atoms with E-state index in [9.17, 15) is 19.5 Å². The SMILES string of the molecule is COc1ccc(CN2CC(C(C)O)OC2=O)cc1.COc1ccc(CN2C[C@@H]([C@@H](C)Oc3nc(Cl)cc4nn(C)c(C)c34)OC2=O)cc1.COc1ccc(CN2C[C@H]([C@@H](C)Oc3nc(Cl)cc4nn(C)c(C)c34)OC2=O)cc1.Cc1c2c(Cl)nc(Cl)cc2nn1C. The van der Waals surface area contributed by atoms with E-state index in [-0.39, 0.29) is 18.3 Å². The molecule has 0 bridgehead atoms. The third-order valence-corrected chi connectivity index (χ3v) is 16.5. The number of aliphatic hydroxyl groups excluding tert-OH is 1. The Kier molecular flexibility index (Phi) is 21.4. The number of fused-ring (bicyclic) bond motifs is 3. The number of pyridine rings is 3. The summed E-state index contributed by atoms with van der Waals surface area (Å²) in [5.41, 5.74) is 8.01. The molecule has 0 saturated carbocycles. The normalized spacial score (nSPS) is 17.1. The van der Waals surface area contributed by atoms with Gasteiger partial charge < -0.3 is 57.7 Å². The van der Waals surface area contributed by atoms with Gasteiger partial charge in [0.15, 0.2) is 12.2 Å². The molecule has 3 saturated heterocycles. The molecule has 482 valence electrons. The van der Waals surface area contributed by atoms with Gasteiger partial charge in [0, 0.05) is 76.1 Å². The van der Waals surface area contributed by atoms with Crippen molar-refractivity contribution in [1.29, 1.82) is 0 Å². The van der Waals surface area contributed by atoms with Crippen molar-refractivity contribution in [3.8, 4) is 29.0 Å². The number of nitrogens with zero attached hydrogens (tertiary/aromatic N) is 12. The first-order valence-electron chi connectivity index (χ1n) is 28.8. The number of methoxy groups -OCH3 is 3. The van der Waals surface area contributed by atoms with Crippen LogP contribution in [0.2, 0.25) is 20.6 Å². The molecule has 6 aromatic heterocycles. The van der Waals surface area contributed by atoms with Gasteiger partial charge in [-0.3, -0.25) is 14.0 Å². The zero-order valence-electron chi connectivity index (χ0n) is 52.2. The molecule has 3 aliphatic rings. The van der Waals surface area contributed by atoms with E-state index >= 15 is 0 Å². The maximum absolute atomic E-state index is 12.4. The minimum absolute atomic E-state index is 0.298. The molecule has 3 amide bonds. The van der Waals surface area contributed by atoms with Crippen molar-refractivity contribution in [2.75, 3.05) is 41.0 Å². The average molecular weight is 1330 g/mol. The molecule has 3 aromatic carbocycles. The molecule has 0 radical (unpaired) electrons. The number of ether oxygens (including phenoxy) is 8. The molecule has 6 atom stereocenters. The van der Waals surface area contributed by atoms with Crippen molar-refractivity contribution in [3.05, 3.63) is 145 Å². The summed E-state index contributed by atoms with van der Waals surface area (Å²) in [5, 5.41) is 26.4. The second kappa shape index (κ2) is 29.2. The van der Waals surface area contributed by atoms with Gasteiger partial charge in [0.1, 0.15) is 67.2 Å². The Morgan fingerprint density at radius 1 is 0.484 bits per heavy atom. The smallest absolute Gasteiger partial charge is 0.410 e. The van der Waals surface area contributed by atoms with Gasteiger partial charge in [-0.1, -0.05) is 82.8 Å². The molecule has 0 spiro atoms. The van der Waals surface area contributed by atoms with Crippen molar-refractivity contribution in [2.45, 2.75) is 97.8 Å². The fourth-order valence-corrected chi connectivity index (χ4v) is 11.0. The lowest BCUT2D eigenvalue weighted by atomic mass is 10.2. The molecular weight excluding hydrogens is 1260 g/mol. The number of benzene rings is 3. The number of cyclic esters (lactones) is 3. The zero-order valence-corrected chi connectivity index (χ0v) is 55.2. The maximum atomic E-state index is 12.4. The lowest BCUT2D eigenvalue weighted by molar-refractivity contribution is 0.0436. The first-order chi connectivity index (χ1) is 43.4. The Balaban J connectivity index is 0.000000151. The van der Waals surface area contributed by atoms with Crippen LogP contribution >= 0.6 is 46.4 Å². The Labute approximate surface area is 545 Å². The quantitative estimate of drug-likeness (QED) is 0.0697. The van der Waals surface area contributed by atoms with Crippen molar-refractivity contribution >= 4 is 97.4 Å². The number of aliphatic hydroxyl groups is 1. The van der Waals surface area contributed by atoms with Crippen LogP contribution in [-0.4, -0.2) is 160 Å². The van der Waals surface area contributed by atoms with Gasteiger partial charge in [-0.25, -0.2) is 29.3 Å². The summed E-state index contributed by atoms with van der Waals surface area (Å²) in [6.07, 6.45) is -3.87. The highest BCUT2D eigenvalue weighted by atomic mass is 35.5. The molecule has 9 heterocycles. The summed E-state index contributed by atoms with van der Waals surface area (Å²) in [4.78, 5) is 53.8.